The first kappa shape index (κ1) is 25.9. The molecule has 37 heavy (non-hydrogen) atoms. The second kappa shape index (κ2) is 9.69. The molecular formula is C24H24O13. The summed E-state index contributed by atoms with van der Waals surface area (Å²) in [6, 6.07) is 4.12. The van der Waals surface area contributed by atoms with Crippen LogP contribution in [0.5, 0.6) is 34.5 Å². The van der Waals surface area contributed by atoms with Crippen LogP contribution in [-0.2, 0) is 14.3 Å². The lowest BCUT2D eigenvalue weighted by Crippen LogP contribution is -2.59. The van der Waals surface area contributed by atoms with Gasteiger partial charge in [-0.15, -0.1) is 0 Å². The van der Waals surface area contributed by atoms with E-state index in [0.29, 0.717) is 0 Å². The summed E-state index contributed by atoms with van der Waals surface area (Å²) in [6.07, 6.45) is -7.37. The largest absolute Gasteiger partial charge is 0.508 e. The normalized spacial score (nSPS) is 23.5. The molecule has 4 rings (SSSR count). The molecule has 0 amide bonds. The predicted octanol–water partition coefficient (Wildman–Crippen LogP) is 1.07. The van der Waals surface area contributed by atoms with Gasteiger partial charge in [0.05, 0.1) is 13.2 Å². The lowest BCUT2D eigenvalue weighted by atomic mass is 9.99. The summed E-state index contributed by atoms with van der Waals surface area (Å²) in [5.41, 5.74) is -1.33. The van der Waals surface area contributed by atoms with E-state index >= 15 is 0 Å². The average molecular weight is 520 g/mol. The Kier molecular flexibility index (Phi) is 6.78. The number of phenolic OH excluding ortho intramolecular Hbond substituents is 4. The number of rotatable bonds is 5. The van der Waals surface area contributed by atoms with Gasteiger partial charge in [-0.05, 0) is 19.1 Å². The Morgan fingerprint density at radius 1 is 0.946 bits per heavy atom. The molecule has 1 aromatic heterocycles. The van der Waals surface area contributed by atoms with E-state index in [2.05, 4.69) is 0 Å². The molecule has 13 heteroatoms. The van der Waals surface area contributed by atoms with Crippen LogP contribution < -0.4 is 14.9 Å². The van der Waals surface area contributed by atoms with Gasteiger partial charge in [0.25, 0.3) is 0 Å². The molecule has 6 N–H and O–H groups in total. The standard InChI is InChI=1S/C24H24O13/c1-8-20(35-9(2)25)18(31)19(32)24(34-8)37-23-17(30)16-12(27)6-11(26)7-15(16)36-21(23)10-4-13(28)22(33-3)14(29)5-10/h4-8,18-20,24,26-29,31-32H,1-3H3/t8-,18-,19-,20-,24-/m0/s1. The predicted molar refractivity (Wildman–Crippen MR) is 124 cm³/mol. The summed E-state index contributed by atoms with van der Waals surface area (Å²) < 4.78 is 26.9. The fraction of sp³-hybridized carbons (Fsp3) is 0.333. The number of ether oxygens (including phenoxy) is 4. The summed E-state index contributed by atoms with van der Waals surface area (Å²) >= 11 is 0. The summed E-state index contributed by atoms with van der Waals surface area (Å²) in [5.74, 6) is -4.12. The third kappa shape index (κ3) is 4.67. The van der Waals surface area contributed by atoms with Crippen LogP contribution in [0.1, 0.15) is 13.8 Å². The first-order valence-electron chi connectivity index (χ1n) is 10.9. The van der Waals surface area contributed by atoms with Crippen LogP contribution in [0.4, 0.5) is 0 Å². The van der Waals surface area contributed by atoms with Gasteiger partial charge in [0.2, 0.25) is 23.2 Å². The van der Waals surface area contributed by atoms with E-state index in [0.717, 1.165) is 31.2 Å². The fourth-order valence-electron chi connectivity index (χ4n) is 4.08. The van der Waals surface area contributed by atoms with Crippen molar-refractivity contribution in [2.75, 3.05) is 7.11 Å². The van der Waals surface area contributed by atoms with Crippen LogP contribution >= 0.6 is 0 Å². The smallest absolute Gasteiger partial charge is 0.303 e. The van der Waals surface area contributed by atoms with Crippen molar-refractivity contribution >= 4 is 16.9 Å². The number of aromatic hydroxyl groups is 4. The number of aliphatic hydroxyl groups excluding tert-OH is 2. The number of fused-ring (bicyclic) bond motifs is 1. The highest BCUT2D eigenvalue weighted by atomic mass is 16.7. The van der Waals surface area contributed by atoms with Gasteiger partial charge in [0.15, 0.2) is 23.4 Å². The second-order valence-corrected chi connectivity index (χ2v) is 8.36. The maximum Gasteiger partial charge on any atom is 0.303 e. The molecule has 3 aromatic rings. The third-order valence-electron chi connectivity index (χ3n) is 5.75. The van der Waals surface area contributed by atoms with E-state index in [9.17, 15) is 40.2 Å². The van der Waals surface area contributed by atoms with Gasteiger partial charge in [0, 0.05) is 24.6 Å². The molecule has 1 aliphatic rings. The first-order chi connectivity index (χ1) is 17.4. The van der Waals surface area contributed by atoms with Gasteiger partial charge in [-0.25, -0.2) is 0 Å². The Morgan fingerprint density at radius 3 is 2.19 bits per heavy atom. The van der Waals surface area contributed by atoms with Crippen LogP contribution in [0.3, 0.4) is 0 Å². The Labute approximate surface area is 208 Å². The molecule has 0 bridgehead atoms. The van der Waals surface area contributed by atoms with Crippen LogP contribution in [0.25, 0.3) is 22.3 Å². The van der Waals surface area contributed by atoms with E-state index in [4.69, 9.17) is 23.4 Å². The molecule has 2 aromatic carbocycles. The number of hydrogen-bond acceptors (Lipinski definition) is 13. The van der Waals surface area contributed by atoms with Gasteiger partial charge < -0.3 is 54.0 Å². The van der Waals surface area contributed by atoms with E-state index in [1.807, 2.05) is 0 Å². The molecule has 1 fully saturated rings. The lowest BCUT2D eigenvalue weighted by molar-refractivity contribution is -0.272. The Morgan fingerprint density at radius 2 is 1.59 bits per heavy atom. The summed E-state index contributed by atoms with van der Waals surface area (Å²) in [6.45, 7) is 2.56. The molecule has 0 radical (unpaired) electrons. The molecule has 5 atom stereocenters. The van der Waals surface area contributed by atoms with Crippen LogP contribution in [0, 0.1) is 0 Å². The monoisotopic (exact) mass is 520 g/mol. The van der Waals surface area contributed by atoms with Crippen LogP contribution in [-0.4, -0.2) is 74.4 Å². The van der Waals surface area contributed by atoms with Gasteiger partial charge in [-0.2, -0.15) is 0 Å². The highest BCUT2D eigenvalue weighted by Crippen LogP contribution is 2.43. The van der Waals surface area contributed by atoms with Gasteiger partial charge in [-0.1, -0.05) is 0 Å². The Bertz CT molecular complexity index is 1390. The SMILES string of the molecule is COc1c(O)cc(-c2oc3cc(O)cc(O)c3c(=O)c2O[C@@H]2O[C@@H](C)[C@H](OC(C)=O)[C@@H](O)[C@@H]2O)cc1O. The number of hydrogen-bond donors (Lipinski definition) is 6. The summed E-state index contributed by atoms with van der Waals surface area (Å²) in [5, 5.41) is 61.4. The van der Waals surface area contributed by atoms with Crippen molar-refractivity contribution in [1.29, 1.82) is 0 Å². The molecule has 198 valence electrons. The van der Waals surface area contributed by atoms with Crippen molar-refractivity contribution in [2.45, 2.75) is 44.6 Å². The molecule has 0 spiro atoms. The minimum atomic E-state index is -1.81. The van der Waals surface area contributed by atoms with Gasteiger partial charge in [-0.3, -0.25) is 9.59 Å². The number of carbonyl (C=O) groups is 1. The minimum Gasteiger partial charge on any atom is -0.508 e. The highest BCUT2D eigenvalue weighted by molar-refractivity contribution is 5.88. The topological polar surface area (TPSA) is 206 Å². The molecule has 0 unspecified atom stereocenters. The second-order valence-electron chi connectivity index (χ2n) is 8.36. The fourth-order valence-corrected chi connectivity index (χ4v) is 4.08. The molecule has 1 saturated heterocycles. The van der Waals surface area contributed by atoms with E-state index in [1.54, 1.807) is 0 Å². The number of carbonyl (C=O) groups excluding carboxylic acids is 1. The van der Waals surface area contributed by atoms with Crippen molar-refractivity contribution in [3.05, 3.63) is 34.5 Å². The zero-order chi connectivity index (χ0) is 27.2. The molecule has 13 nitrogen and oxygen atoms in total. The lowest BCUT2D eigenvalue weighted by Gasteiger charge is -2.40. The zero-order valence-corrected chi connectivity index (χ0v) is 19.7. The van der Waals surface area contributed by atoms with Crippen molar-refractivity contribution < 1.29 is 58.8 Å². The number of benzene rings is 2. The molecule has 0 aliphatic carbocycles. The maximum absolute atomic E-state index is 13.5. The van der Waals surface area contributed by atoms with E-state index < -0.39 is 82.0 Å². The van der Waals surface area contributed by atoms with Gasteiger partial charge >= 0.3 is 5.97 Å². The zero-order valence-electron chi connectivity index (χ0n) is 19.7. The average Bonchev–Trinajstić information content (AvgIpc) is 2.80. The minimum absolute atomic E-state index is 0.0932. The summed E-state index contributed by atoms with van der Waals surface area (Å²) in [7, 11) is 1.21. The summed E-state index contributed by atoms with van der Waals surface area (Å²) in [4.78, 5) is 24.8. The van der Waals surface area contributed by atoms with Crippen LogP contribution in [0.2, 0.25) is 0 Å². The van der Waals surface area contributed by atoms with Crippen molar-refractivity contribution in [2.24, 2.45) is 0 Å². The highest BCUT2D eigenvalue weighted by Gasteiger charge is 2.46. The van der Waals surface area contributed by atoms with Crippen LogP contribution in [0.15, 0.2) is 33.5 Å². The number of esters is 1. The van der Waals surface area contributed by atoms with Gasteiger partial charge in [0.1, 0.15) is 34.7 Å². The third-order valence-corrected chi connectivity index (χ3v) is 5.75. The number of aliphatic hydroxyl groups is 2. The molecular weight excluding hydrogens is 496 g/mol. The molecule has 2 heterocycles. The van der Waals surface area contributed by atoms with E-state index in [1.165, 1.54) is 14.0 Å². The Balaban J connectivity index is 1.87. The maximum atomic E-state index is 13.5. The first-order valence-corrected chi connectivity index (χ1v) is 10.9. The van der Waals surface area contributed by atoms with Crippen molar-refractivity contribution in [3.63, 3.8) is 0 Å². The Hall–Kier alpha value is -4.20. The van der Waals surface area contributed by atoms with Crippen molar-refractivity contribution in [1.82, 2.24) is 0 Å². The number of methoxy groups -OCH3 is 1. The van der Waals surface area contributed by atoms with E-state index in [-0.39, 0.29) is 16.9 Å². The molecule has 0 saturated carbocycles. The number of phenols is 4. The molecule has 1 aliphatic heterocycles. The van der Waals surface area contributed by atoms with Crippen molar-refractivity contribution in [3.8, 4) is 45.8 Å². The quantitative estimate of drug-likeness (QED) is 0.261.